The van der Waals surface area contributed by atoms with Crippen LogP contribution in [0.5, 0.6) is 0 Å². The van der Waals surface area contributed by atoms with Crippen molar-refractivity contribution in [3.63, 3.8) is 0 Å². The van der Waals surface area contributed by atoms with E-state index in [1.807, 2.05) is 0 Å². The first-order valence-corrected chi connectivity index (χ1v) is 5.84. The second-order valence-corrected chi connectivity index (χ2v) is 6.14. The molecular weight excluding hydrogens is 156 g/mol. The molecule has 0 N–H and O–H groups in total. The monoisotopic (exact) mass is 174 g/mol. The Morgan fingerprint density at radius 3 is 2.36 bits per heavy atom. The van der Waals surface area contributed by atoms with Crippen molar-refractivity contribution in [2.75, 3.05) is 11.5 Å². The molecule has 1 nitrogen and oxygen atoms in total. The van der Waals surface area contributed by atoms with Crippen LogP contribution in [0.1, 0.15) is 33.6 Å². The van der Waals surface area contributed by atoms with Gasteiger partial charge in [0.1, 0.15) is 0 Å². The highest BCUT2D eigenvalue weighted by atomic mass is 32.2. The van der Waals surface area contributed by atoms with E-state index in [9.17, 15) is 4.21 Å². The summed E-state index contributed by atoms with van der Waals surface area (Å²) < 4.78 is 11.2. The summed E-state index contributed by atoms with van der Waals surface area (Å²) in [5.41, 5.74) is 0.357. The maximum absolute atomic E-state index is 11.2. The molecule has 0 radical (unpaired) electrons. The molecule has 0 bridgehead atoms. The molecule has 1 saturated heterocycles. The minimum absolute atomic E-state index is 0.357. The van der Waals surface area contributed by atoms with Crippen LogP contribution in [0.4, 0.5) is 0 Å². The van der Waals surface area contributed by atoms with Gasteiger partial charge in [0.2, 0.25) is 0 Å². The first-order valence-electron chi connectivity index (χ1n) is 4.35. The van der Waals surface area contributed by atoms with Crippen LogP contribution in [-0.4, -0.2) is 15.7 Å². The first kappa shape index (κ1) is 9.24. The molecule has 11 heavy (non-hydrogen) atoms. The van der Waals surface area contributed by atoms with Crippen LogP contribution in [0.2, 0.25) is 0 Å². The van der Waals surface area contributed by atoms with Crippen molar-refractivity contribution in [1.29, 1.82) is 0 Å². The van der Waals surface area contributed by atoms with E-state index in [0.717, 1.165) is 17.9 Å². The Balaban J connectivity index is 2.53. The molecule has 1 heterocycles. The largest absolute Gasteiger partial charge is 0.260 e. The van der Waals surface area contributed by atoms with E-state index in [1.54, 1.807) is 0 Å². The van der Waals surface area contributed by atoms with Crippen LogP contribution in [0.25, 0.3) is 0 Å². The molecule has 0 amide bonds. The fourth-order valence-corrected chi connectivity index (χ4v) is 3.34. The number of hydrogen-bond acceptors (Lipinski definition) is 1. The highest BCUT2D eigenvalue weighted by molar-refractivity contribution is 7.85. The minimum atomic E-state index is -0.517. The van der Waals surface area contributed by atoms with Gasteiger partial charge in [0.15, 0.2) is 0 Å². The molecule has 2 atom stereocenters. The van der Waals surface area contributed by atoms with Crippen LogP contribution < -0.4 is 0 Å². The Bertz CT molecular complexity index is 157. The summed E-state index contributed by atoms with van der Waals surface area (Å²) in [4.78, 5) is 0. The van der Waals surface area contributed by atoms with Gasteiger partial charge in [-0.1, -0.05) is 20.8 Å². The van der Waals surface area contributed by atoms with Crippen molar-refractivity contribution in [3.8, 4) is 0 Å². The molecule has 2 unspecified atom stereocenters. The van der Waals surface area contributed by atoms with E-state index in [0.29, 0.717) is 11.3 Å². The van der Waals surface area contributed by atoms with Crippen LogP contribution in [-0.2, 0) is 10.8 Å². The van der Waals surface area contributed by atoms with E-state index < -0.39 is 10.8 Å². The molecule has 1 aliphatic heterocycles. The standard InChI is InChI=1S/C9H18OS/c1-9(2,3)8-5-4-6-11(10)7-8/h8H,4-7H2,1-3H3. The molecule has 0 aliphatic carbocycles. The molecule has 0 saturated carbocycles. The summed E-state index contributed by atoms with van der Waals surface area (Å²) in [7, 11) is -0.517. The topological polar surface area (TPSA) is 17.1 Å². The zero-order chi connectivity index (χ0) is 8.48. The lowest BCUT2D eigenvalue weighted by atomic mass is 9.79. The highest BCUT2D eigenvalue weighted by Gasteiger charge is 2.28. The Kier molecular flexibility index (Phi) is 2.74. The average Bonchev–Trinajstić information content (AvgIpc) is 1.86. The predicted octanol–water partition coefficient (Wildman–Crippen LogP) is 2.19. The Hall–Kier alpha value is 0.150. The molecule has 66 valence electrons. The quantitative estimate of drug-likeness (QED) is 0.550. The van der Waals surface area contributed by atoms with E-state index in [-0.39, 0.29) is 0 Å². The van der Waals surface area contributed by atoms with E-state index in [2.05, 4.69) is 20.8 Å². The van der Waals surface area contributed by atoms with Gasteiger partial charge in [0.25, 0.3) is 0 Å². The van der Waals surface area contributed by atoms with Crippen LogP contribution >= 0.6 is 0 Å². The second kappa shape index (κ2) is 3.26. The van der Waals surface area contributed by atoms with Gasteiger partial charge in [0.05, 0.1) is 0 Å². The average molecular weight is 174 g/mol. The van der Waals surface area contributed by atoms with Crippen LogP contribution in [0, 0.1) is 11.3 Å². The van der Waals surface area contributed by atoms with Crippen LogP contribution in [0.3, 0.4) is 0 Å². The third-order valence-corrected chi connectivity index (χ3v) is 4.05. The van der Waals surface area contributed by atoms with Gasteiger partial charge in [0, 0.05) is 22.3 Å². The maximum atomic E-state index is 11.2. The minimum Gasteiger partial charge on any atom is -0.260 e. The van der Waals surface area contributed by atoms with Gasteiger partial charge in [-0.05, 0) is 24.2 Å². The molecule has 1 fully saturated rings. The highest BCUT2D eigenvalue weighted by Crippen LogP contribution is 2.32. The third-order valence-electron chi connectivity index (χ3n) is 2.54. The summed E-state index contributed by atoms with van der Waals surface area (Å²) in [5, 5.41) is 0. The molecule has 0 aromatic carbocycles. The molecule has 1 rings (SSSR count). The van der Waals surface area contributed by atoms with Crippen molar-refractivity contribution in [1.82, 2.24) is 0 Å². The normalized spacial score (nSPS) is 33.7. The molecular formula is C9H18OS. The predicted molar refractivity (Wildman–Crippen MR) is 50.1 cm³/mol. The van der Waals surface area contributed by atoms with Crippen molar-refractivity contribution in [2.24, 2.45) is 11.3 Å². The fraction of sp³-hybridized carbons (Fsp3) is 1.00. The van der Waals surface area contributed by atoms with Crippen LogP contribution in [0.15, 0.2) is 0 Å². The molecule has 0 spiro atoms. The lowest BCUT2D eigenvalue weighted by Crippen LogP contribution is -2.30. The van der Waals surface area contributed by atoms with Gasteiger partial charge >= 0.3 is 0 Å². The summed E-state index contributed by atoms with van der Waals surface area (Å²) in [5.74, 6) is 2.55. The fourth-order valence-electron chi connectivity index (χ4n) is 1.56. The van der Waals surface area contributed by atoms with Crippen molar-refractivity contribution in [2.45, 2.75) is 33.6 Å². The summed E-state index contributed by atoms with van der Waals surface area (Å²) >= 11 is 0. The van der Waals surface area contributed by atoms with E-state index in [1.165, 1.54) is 6.42 Å². The van der Waals surface area contributed by atoms with Crippen molar-refractivity contribution >= 4 is 10.8 Å². The van der Waals surface area contributed by atoms with E-state index >= 15 is 0 Å². The molecule has 0 aromatic rings. The van der Waals surface area contributed by atoms with Crippen molar-refractivity contribution in [3.05, 3.63) is 0 Å². The van der Waals surface area contributed by atoms with Gasteiger partial charge in [-0.3, -0.25) is 4.21 Å². The van der Waals surface area contributed by atoms with Gasteiger partial charge in [-0.2, -0.15) is 0 Å². The summed E-state index contributed by atoms with van der Waals surface area (Å²) in [6.07, 6.45) is 2.43. The zero-order valence-electron chi connectivity index (χ0n) is 7.72. The Morgan fingerprint density at radius 1 is 1.36 bits per heavy atom. The Labute approximate surface area is 72.0 Å². The smallest absolute Gasteiger partial charge is 0.0268 e. The summed E-state index contributed by atoms with van der Waals surface area (Å²) in [6, 6.07) is 0. The molecule has 0 aromatic heterocycles. The molecule has 1 aliphatic rings. The SMILES string of the molecule is CC(C)(C)C1CCCS(=O)C1. The molecule has 2 heteroatoms. The second-order valence-electron chi connectivity index (χ2n) is 4.52. The number of hydrogen-bond donors (Lipinski definition) is 0. The van der Waals surface area contributed by atoms with E-state index in [4.69, 9.17) is 0 Å². The van der Waals surface area contributed by atoms with Crippen molar-refractivity contribution < 1.29 is 4.21 Å². The Morgan fingerprint density at radius 2 is 2.00 bits per heavy atom. The number of rotatable bonds is 0. The lowest BCUT2D eigenvalue weighted by Gasteiger charge is -2.33. The zero-order valence-corrected chi connectivity index (χ0v) is 8.54. The summed E-state index contributed by atoms with van der Waals surface area (Å²) in [6.45, 7) is 6.75. The van der Waals surface area contributed by atoms with Gasteiger partial charge in [-0.15, -0.1) is 0 Å². The maximum Gasteiger partial charge on any atom is 0.0268 e. The lowest BCUT2D eigenvalue weighted by molar-refractivity contribution is 0.244. The van der Waals surface area contributed by atoms with Gasteiger partial charge in [-0.25, -0.2) is 0 Å². The first-order chi connectivity index (χ1) is 5.00. The third kappa shape index (κ3) is 2.58. The van der Waals surface area contributed by atoms with Gasteiger partial charge < -0.3 is 0 Å².